The van der Waals surface area contributed by atoms with Crippen molar-refractivity contribution >= 4 is 21.6 Å². The van der Waals surface area contributed by atoms with E-state index in [4.69, 9.17) is 0 Å². The molecule has 1 aromatic carbocycles. The number of nitrogens with one attached hydrogen (secondary N) is 1. The predicted molar refractivity (Wildman–Crippen MR) is 63.6 cm³/mol. The van der Waals surface area contributed by atoms with Crippen LogP contribution in [0.1, 0.15) is 19.4 Å². The minimum atomic E-state index is -0.352. The minimum absolute atomic E-state index is 0.0598. The van der Waals surface area contributed by atoms with Crippen LogP contribution in [0.4, 0.5) is 5.69 Å². The Morgan fingerprint density at radius 3 is 2.50 bits per heavy atom. The van der Waals surface area contributed by atoms with Gasteiger partial charge in [-0.3, -0.25) is 0 Å². The summed E-state index contributed by atoms with van der Waals surface area (Å²) in [7, 11) is 0. The van der Waals surface area contributed by atoms with Crippen molar-refractivity contribution in [3.05, 3.63) is 28.2 Å². The fraction of sp³-hybridized carbons (Fsp3) is 0.455. The van der Waals surface area contributed by atoms with Crippen LogP contribution in [-0.4, -0.2) is 17.3 Å². The van der Waals surface area contributed by atoms with Gasteiger partial charge >= 0.3 is 0 Å². The molecule has 0 fully saturated rings. The third-order valence-corrected chi connectivity index (χ3v) is 3.14. The van der Waals surface area contributed by atoms with Gasteiger partial charge in [0.25, 0.3) is 0 Å². The first-order chi connectivity index (χ1) is 6.50. The van der Waals surface area contributed by atoms with Gasteiger partial charge in [0.2, 0.25) is 0 Å². The average molecular weight is 258 g/mol. The van der Waals surface area contributed by atoms with Gasteiger partial charge in [0.15, 0.2) is 0 Å². The van der Waals surface area contributed by atoms with E-state index >= 15 is 0 Å². The Labute approximate surface area is 93.5 Å². The van der Waals surface area contributed by atoms with E-state index in [0.29, 0.717) is 0 Å². The van der Waals surface area contributed by atoms with E-state index in [2.05, 4.69) is 21.2 Å². The van der Waals surface area contributed by atoms with Crippen molar-refractivity contribution in [1.82, 2.24) is 0 Å². The molecule has 1 aromatic rings. The second kappa shape index (κ2) is 4.80. The fourth-order valence-electron chi connectivity index (χ4n) is 1.07. The minimum Gasteiger partial charge on any atom is -0.391 e. The number of aliphatic hydroxyl groups excluding tert-OH is 1. The molecule has 0 aliphatic heterocycles. The smallest absolute Gasteiger partial charge is 0.0710 e. The van der Waals surface area contributed by atoms with Crippen molar-refractivity contribution < 1.29 is 5.11 Å². The van der Waals surface area contributed by atoms with Gasteiger partial charge in [-0.15, -0.1) is 0 Å². The maximum atomic E-state index is 9.33. The van der Waals surface area contributed by atoms with E-state index < -0.39 is 0 Å². The van der Waals surface area contributed by atoms with Crippen LogP contribution in [0, 0.1) is 6.92 Å². The summed E-state index contributed by atoms with van der Waals surface area (Å²) < 4.78 is 1.08. The van der Waals surface area contributed by atoms with Crippen LogP contribution in [0.5, 0.6) is 0 Å². The second-order valence-electron chi connectivity index (χ2n) is 3.64. The second-order valence-corrected chi connectivity index (χ2v) is 4.49. The summed E-state index contributed by atoms with van der Waals surface area (Å²) in [6.07, 6.45) is -0.352. The molecule has 0 radical (unpaired) electrons. The monoisotopic (exact) mass is 257 g/mol. The van der Waals surface area contributed by atoms with E-state index in [0.717, 1.165) is 10.2 Å². The molecular weight excluding hydrogens is 242 g/mol. The quantitative estimate of drug-likeness (QED) is 0.873. The molecule has 0 aliphatic carbocycles. The molecule has 1 rings (SSSR count). The highest BCUT2D eigenvalue weighted by Crippen LogP contribution is 2.21. The lowest BCUT2D eigenvalue weighted by atomic mass is 10.2. The summed E-state index contributed by atoms with van der Waals surface area (Å²) in [6, 6.07) is 6.14. The van der Waals surface area contributed by atoms with Gasteiger partial charge in [0.05, 0.1) is 6.10 Å². The molecule has 14 heavy (non-hydrogen) atoms. The van der Waals surface area contributed by atoms with E-state index in [9.17, 15) is 5.11 Å². The highest BCUT2D eigenvalue weighted by molar-refractivity contribution is 9.10. The van der Waals surface area contributed by atoms with Gasteiger partial charge in [-0.2, -0.15) is 0 Å². The van der Waals surface area contributed by atoms with Crippen LogP contribution < -0.4 is 5.32 Å². The Kier molecular flexibility index (Phi) is 3.96. The van der Waals surface area contributed by atoms with Crippen molar-refractivity contribution in [2.45, 2.75) is 32.9 Å². The normalized spacial score (nSPS) is 14.9. The summed E-state index contributed by atoms with van der Waals surface area (Å²) in [5, 5.41) is 12.6. The molecule has 0 aliphatic rings. The standard InChI is InChI=1S/C11H16BrNO/c1-7-4-5-10(6-11(7)12)13-8(2)9(3)14/h4-6,8-9,13-14H,1-3H3. The number of hydrogen-bond donors (Lipinski definition) is 2. The molecule has 0 amide bonds. The Morgan fingerprint density at radius 2 is 2.00 bits per heavy atom. The summed E-state index contributed by atoms with van der Waals surface area (Å²) >= 11 is 3.47. The van der Waals surface area contributed by atoms with Crippen molar-refractivity contribution in [3.8, 4) is 0 Å². The van der Waals surface area contributed by atoms with Crippen LogP contribution in [0.15, 0.2) is 22.7 Å². The first-order valence-corrected chi connectivity index (χ1v) is 5.50. The summed E-state index contributed by atoms with van der Waals surface area (Å²) in [5.41, 5.74) is 2.23. The molecule has 2 unspecified atom stereocenters. The molecule has 0 saturated carbocycles. The van der Waals surface area contributed by atoms with Crippen LogP contribution in [0.3, 0.4) is 0 Å². The lowest BCUT2D eigenvalue weighted by Crippen LogP contribution is -2.27. The Bertz CT molecular complexity index is 312. The van der Waals surface area contributed by atoms with E-state index in [1.807, 2.05) is 32.0 Å². The number of aryl methyl sites for hydroxylation is 1. The first kappa shape index (κ1) is 11.5. The number of rotatable bonds is 3. The topological polar surface area (TPSA) is 32.3 Å². The maximum absolute atomic E-state index is 9.33. The highest BCUT2D eigenvalue weighted by atomic mass is 79.9. The Morgan fingerprint density at radius 1 is 1.36 bits per heavy atom. The molecule has 2 nitrogen and oxygen atoms in total. The van der Waals surface area contributed by atoms with Crippen LogP contribution in [-0.2, 0) is 0 Å². The summed E-state index contributed by atoms with van der Waals surface area (Å²) in [5.74, 6) is 0. The molecule has 2 N–H and O–H groups in total. The van der Waals surface area contributed by atoms with E-state index in [-0.39, 0.29) is 12.1 Å². The number of hydrogen-bond acceptors (Lipinski definition) is 2. The van der Waals surface area contributed by atoms with Gasteiger partial charge < -0.3 is 10.4 Å². The van der Waals surface area contributed by atoms with E-state index in [1.54, 1.807) is 6.92 Å². The Hall–Kier alpha value is -0.540. The Balaban J connectivity index is 2.73. The van der Waals surface area contributed by atoms with Gasteiger partial charge in [-0.25, -0.2) is 0 Å². The van der Waals surface area contributed by atoms with Gasteiger partial charge in [-0.05, 0) is 38.5 Å². The lowest BCUT2D eigenvalue weighted by molar-refractivity contribution is 0.178. The number of anilines is 1. The SMILES string of the molecule is Cc1ccc(NC(C)C(C)O)cc1Br. The highest BCUT2D eigenvalue weighted by Gasteiger charge is 2.08. The summed E-state index contributed by atoms with van der Waals surface area (Å²) in [6.45, 7) is 5.78. The van der Waals surface area contributed by atoms with Crippen molar-refractivity contribution in [2.24, 2.45) is 0 Å². The lowest BCUT2D eigenvalue weighted by Gasteiger charge is -2.18. The molecule has 78 valence electrons. The van der Waals surface area contributed by atoms with Crippen molar-refractivity contribution in [3.63, 3.8) is 0 Å². The van der Waals surface area contributed by atoms with Crippen molar-refractivity contribution in [1.29, 1.82) is 0 Å². The molecule has 0 heterocycles. The third kappa shape index (κ3) is 3.00. The molecule has 0 spiro atoms. The third-order valence-electron chi connectivity index (χ3n) is 2.29. The number of aliphatic hydroxyl groups is 1. The van der Waals surface area contributed by atoms with Crippen molar-refractivity contribution in [2.75, 3.05) is 5.32 Å². The predicted octanol–water partition coefficient (Wildman–Crippen LogP) is 2.94. The van der Waals surface area contributed by atoms with Crippen LogP contribution in [0.25, 0.3) is 0 Å². The fourth-order valence-corrected chi connectivity index (χ4v) is 1.44. The average Bonchev–Trinajstić information content (AvgIpc) is 2.11. The van der Waals surface area contributed by atoms with E-state index in [1.165, 1.54) is 5.56 Å². The maximum Gasteiger partial charge on any atom is 0.0710 e. The zero-order chi connectivity index (χ0) is 10.7. The van der Waals surface area contributed by atoms with Gasteiger partial charge in [0.1, 0.15) is 0 Å². The zero-order valence-corrected chi connectivity index (χ0v) is 10.3. The number of halogens is 1. The first-order valence-electron chi connectivity index (χ1n) is 4.71. The molecule has 0 aromatic heterocycles. The van der Waals surface area contributed by atoms with Gasteiger partial charge in [0, 0.05) is 16.2 Å². The summed E-state index contributed by atoms with van der Waals surface area (Å²) in [4.78, 5) is 0. The molecule has 2 atom stereocenters. The number of benzene rings is 1. The zero-order valence-electron chi connectivity index (χ0n) is 8.71. The molecule has 3 heteroatoms. The molecular formula is C11H16BrNO. The molecule has 0 bridgehead atoms. The van der Waals surface area contributed by atoms with Gasteiger partial charge in [-0.1, -0.05) is 22.0 Å². The van der Waals surface area contributed by atoms with Crippen LogP contribution >= 0.6 is 15.9 Å². The van der Waals surface area contributed by atoms with Crippen LogP contribution in [0.2, 0.25) is 0 Å². The largest absolute Gasteiger partial charge is 0.391 e. The molecule has 0 saturated heterocycles.